The van der Waals surface area contributed by atoms with E-state index in [0.29, 0.717) is 4.34 Å². The first kappa shape index (κ1) is 10.6. The molecule has 0 fully saturated rings. The molecule has 0 spiro atoms. The van der Waals surface area contributed by atoms with Crippen LogP contribution in [0, 0.1) is 0 Å². The number of fused-ring (bicyclic) bond motifs is 1. The van der Waals surface area contributed by atoms with Crippen LogP contribution in [0.5, 0.6) is 0 Å². The van der Waals surface area contributed by atoms with Crippen molar-refractivity contribution in [2.24, 2.45) is 0 Å². The van der Waals surface area contributed by atoms with Crippen molar-refractivity contribution in [1.29, 1.82) is 0 Å². The highest BCUT2D eigenvalue weighted by molar-refractivity contribution is 7.87. The molecule has 2 aromatic heterocycles. The summed E-state index contributed by atoms with van der Waals surface area (Å²) in [7, 11) is -1.21. The van der Waals surface area contributed by atoms with Gasteiger partial charge in [0.1, 0.15) is 10.8 Å². The molecule has 0 amide bonds. The summed E-state index contributed by atoms with van der Waals surface area (Å²) in [5.74, 6) is 0. The van der Waals surface area contributed by atoms with Gasteiger partial charge in [0.25, 0.3) is 0 Å². The van der Waals surface area contributed by atoms with Crippen LogP contribution in [0.3, 0.4) is 0 Å². The zero-order chi connectivity index (χ0) is 11.7. The molecule has 3 rings (SSSR count). The van der Waals surface area contributed by atoms with E-state index in [2.05, 4.69) is 9.97 Å². The number of hydrogen-bond acceptors (Lipinski definition) is 4. The molecule has 5 heteroatoms. The molecule has 0 saturated carbocycles. The van der Waals surface area contributed by atoms with E-state index in [9.17, 15) is 4.21 Å². The number of thiazole rings is 1. The monoisotopic (exact) mass is 260 g/mol. The van der Waals surface area contributed by atoms with Crippen LogP contribution in [0.2, 0.25) is 0 Å². The van der Waals surface area contributed by atoms with Gasteiger partial charge in [-0.05, 0) is 24.3 Å². The van der Waals surface area contributed by atoms with Crippen molar-refractivity contribution >= 4 is 32.4 Å². The predicted molar refractivity (Wildman–Crippen MR) is 68.5 cm³/mol. The molecule has 3 aromatic rings. The Balaban J connectivity index is 2.07. The van der Waals surface area contributed by atoms with Crippen molar-refractivity contribution in [2.45, 2.75) is 9.24 Å². The highest BCUT2D eigenvalue weighted by Gasteiger charge is 2.12. The average molecular weight is 260 g/mol. The van der Waals surface area contributed by atoms with Crippen LogP contribution in [0.4, 0.5) is 0 Å². The minimum atomic E-state index is -1.21. The Morgan fingerprint density at radius 1 is 1.06 bits per heavy atom. The third kappa shape index (κ3) is 1.99. The lowest BCUT2D eigenvalue weighted by Gasteiger charge is -1.95. The maximum absolute atomic E-state index is 12.2. The van der Waals surface area contributed by atoms with Crippen LogP contribution in [0.25, 0.3) is 10.2 Å². The largest absolute Gasteiger partial charge is 0.265 e. The predicted octanol–water partition coefficient (Wildman–Crippen LogP) is 2.86. The molecular formula is C12H8N2OS2. The number of hydrogen-bond donors (Lipinski definition) is 0. The zero-order valence-corrected chi connectivity index (χ0v) is 10.4. The van der Waals surface area contributed by atoms with Gasteiger partial charge in [-0.3, -0.25) is 4.98 Å². The van der Waals surface area contributed by atoms with Gasteiger partial charge in [-0.25, -0.2) is 9.19 Å². The fourth-order valence-corrected chi connectivity index (χ4v) is 3.80. The standard InChI is InChI=1S/C12H8N2OS2/c15-17(9-5-7-13-8-6-9)12-14-10-3-1-2-4-11(10)16-12/h1-8H. The van der Waals surface area contributed by atoms with Gasteiger partial charge in [-0.15, -0.1) is 11.3 Å². The van der Waals surface area contributed by atoms with Gasteiger partial charge in [0.2, 0.25) is 0 Å². The Morgan fingerprint density at radius 3 is 2.59 bits per heavy atom. The van der Waals surface area contributed by atoms with Crippen LogP contribution >= 0.6 is 11.3 Å². The summed E-state index contributed by atoms with van der Waals surface area (Å²) in [4.78, 5) is 9.03. The van der Waals surface area contributed by atoms with E-state index in [4.69, 9.17) is 0 Å². The molecule has 0 radical (unpaired) electrons. The number of aromatic nitrogens is 2. The van der Waals surface area contributed by atoms with Crippen molar-refractivity contribution in [3.8, 4) is 0 Å². The van der Waals surface area contributed by atoms with Gasteiger partial charge >= 0.3 is 0 Å². The van der Waals surface area contributed by atoms with Crippen LogP contribution in [0.1, 0.15) is 0 Å². The second-order valence-corrected chi connectivity index (χ2v) is 6.08. The topological polar surface area (TPSA) is 42.9 Å². The fraction of sp³-hybridized carbons (Fsp3) is 0. The van der Waals surface area contributed by atoms with Crippen molar-refractivity contribution in [3.63, 3.8) is 0 Å². The minimum absolute atomic E-state index is 0.636. The molecular weight excluding hydrogens is 252 g/mol. The van der Waals surface area contributed by atoms with Crippen LogP contribution in [0.15, 0.2) is 58.0 Å². The summed E-state index contributed by atoms with van der Waals surface area (Å²) in [5, 5.41) is 0. The molecule has 0 saturated heterocycles. The second-order valence-electron chi connectivity index (χ2n) is 3.40. The third-order valence-electron chi connectivity index (χ3n) is 2.30. The van der Waals surface area contributed by atoms with E-state index in [0.717, 1.165) is 15.1 Å². The van der Waals surface area contributed by atoms with Gasteiger partial charge in [-0.1, -0.05) is 12.1 Å². The van der Waals surface area contributed by atoms with E-state index in [1.54, 1.807) is 24.5 Å². The van der Waals surface area contributed by atoms with Crippen LogP contribution in [-0.2, 0) is 10.8 Å². The Morgan fingerprint density at radius 2 is 1.82 bits per heavy atom. The first-order chi connectivity index (χ1) is 8.34. The molecule has 1 unspecified atom stereocenters. The van der Waals surface area contributed by atoms with E-state index in [-0.39, 0.29) is 0 Å². The molecule has 3 nitrogen and oxygen atoms in total. The SMILES string of the molecule is O=S(c1ccncc1)c1nc2ccccc2s1. The van der Waals surface area contributed by atoms with E-state index in [1.807, 2.05) is 24.3 Å². The van der Waals surface area contributed by atoms with Gasteiger partial charge in [0, 0.05) is 17.3 Å². The molecule has 0 aliphatic rings. The molecule has 2 heterocycles. The lowest BCUT2D eigenvalue weighted by Crippen LogP contribution is -1.91. The number of nitrogens with zero attached hydrogens (tertiary/aromatic N) is 2. The summed E-state index contributed by atoms with van der Waals surface area (Å²) in [6.07, 6.45) is 3.28. The summed E-state index contributed by atoms with van der Waals surface area (Å²) in [5.41, 5.74) is 0.898. The van der Waals surface area contributed by atoms with Crippen LogP contribution < -0.4 is 0 Å². The van der Waals surface area contributed by atoms with Gasteiger partial charge < -0.3 is 0 Å². The maximum atomic E-state index is 12.2. The van der Waals surface area contributed by atoms with E-state index in [1.165, 1.54) is 11.3 Å². The molecule has 17 heavy (non-hydrogen) atoms. The Labute approximate surface area is 105 Å². The average Bonchev–Trinajstić information content (AvgIpc) is 2.82. The molecule has 0 bridgehead atoms. The zero-order valence-electron chi connectivity index (χ0n) is 8.74. The van der Waals surface area contributed by atoms with Crippen molar-refractivity contribution in [1.82, 2.24) is 9.97 Å². The van der Waals surface area contributed by atoms with Gasteiger partial charge in [0.05, 0.1) is 10.2 Å². The highest BCUT2D eigenvalue weighted by Crippen LogP contribution is 2.26. The highest BCUT2D eigenvalue weighted by atomic mass is 32.2. The maximum Gasteiger partial charge on any atom is 0.186 e. The Kier molecular flexibility index (Phi) is 2.70. The van der Waals surface area contributed by atoms with Crippen LogP contribution in [-0.4, -0.2) is 14.2 Å². The lowest BCUT2D eigenvalue weighted by molar-refractivity contribution is 0.682. The number of para-hydroxylation sites is 1. The normalized spacial score (nSPS) is 12.7. The quantitative estimate of drug-likeness (QED) is 0.711. The van der Waals surface area contributed by atoms with Crippen molar-refractivity contribution in [3.05, 3.63) is 48.8 Å². The molecule has 84 valence electrons. The minimum Gasteiger partial charge on any atom is -0.265 e. The third-order valence-corrected chi connectivity index (χ3v) is 4.94. The van der Waals surface area contributed by atoms with E-state index >= 15 is 0 Å². The summed E-state index contributed by atoms with van der Waals surface area (Å²) < 4.78 is 13.9. The fourth-order valence-electron chi connectivity index (χ4n) is 1.49. The summed E-state index contributed by atoms with van der Waals surface area (Å²) in [6.45, 7) is 0. The molecule has 0 N–H and O–H groups in total. The van der Waals surface area contributed by atoms with Crippen molar-refractivity contribution in [2.75, 3.05) is 0 Å². The first-order valence-electron chi connectivity index (χ1n) is 5.02. The van der Waals surface area contributed by atoms with Gasteiger partial charge in [0.15, 0.2) is 4.34 Å². The molecule has 0 aliphatic heterocycles. The molecule has 1 atom stereocenters. The second kappa shape index (κ2) is 4.35. The Hall–Kier alpha value is -1.59. The molecule has 1 aromatic carbocycles. The summed E-state index contributed by atoms with van der Waals surface area (Å²) in [6, 6.07) is 11.3. The number of benzene rings is 1. The Bertz CT molecular complexity index is 646. The smallest absolute Gasteiger partial charge is 0.186 e. The van der Waals surface area contributed by atoms with E-state index < -0.39 is 10.8 Å². The number of pyridine rings is 1. The first-order valence-corrected chi connectivity index (χ1v) is 6.98. The lowest BCUT2D eigenvalue weighted by atomic mass is 10.3. The van der Waals surface area contributed by atoms with Gasteiger partial charge in [-0.2, -0.15) is 0 Å². The number of rotatable bonds is 2. The molecule has 0 aliphatic carbocycles. The van der Waals surface area contributed by atoms with Crippen molar-refractivity contribution < 1.29 is 4.21 Å². The summed E-state index contributed by atoms with van der Waals surface area (Å²) >= 11 is 1.47.